The fraction of sp³-hybridized carbons (Fsp3) is 0.500. The van der Waals surface area contributed by atoms with Gasteiger partial charge in [-0.2, -0.15) is 5.10 Å². The van der Waals surface area contributed by atoms with Crippen LogP contribution < -0.4 is 4.74 Å². The summed E-state index contributed by atoms with van der Waals surface area (Å²) in [7, 11) is -1.17. The van der Waals surface area contributed by atoms with Crippen LogP contribution in [-0.2, 0) is 16.2 Å². The van der Waals surface area contributed by atoms with Crippen LogP contribution in [0, 0.1) is 6.92 Å². The zero-order valence-corrected chi connectivity index (χ0v) is 31.4. The minimum atomic E-state index is -1.17. The summed E-state index contributed by atoms with van der Waals surface area (Å²) in [6.07, 6.45) is 9.32. The van der Waals surface area contributed by atoms with Crippen molar-refractivity contribution in [3.05, 3.63) is 60.3 Å². The van der Waals surface area contributed by atoms with Crippen LogP contribution in [-0.4, -0.2) is 73.7 Å². The molecule has 1 saturated carbocycles. The van der Waals surface area contributed by atoms with Gasteiger partial charge in [0.25, 0.3) is 0 Å². The third kappa shape index (κ3) is 7.71. The van der Waals surface area contributed by atoms with Gasteiger partial charge in [-0.25, -0.2) is 14.8 Å². The molecule has 7 rings (SSSR count). The van der Waals surface area contributed by atoms with Gasteiger partial charge in [-0.05, 0) is 89.6 Å². The van der Waals surface area contributed by atoms with Crippen LogP contribution in [0.5, 0.6) is 11.5 Å². The van der Waals surface area contributed by atoms with E-state index in [1.165, 1.54) is 0 Å². The molecule has 2 fully saturated rings. The predicted octanol–water partition coefficient (Wildman–Crippen LogP) is 8.71. The van der Waals surface area contributed by atoms with Crippen molar-refractivity contribution in [2.45, 2.75) is 103 Å². The van der Waals surface area contributed by atoms with E-state index in [9.17, 15) is 4.79 Å². The standard InChI is InChI=1S/C38H49N7O4Si/c1-25-41-30-11-10-29(20-33(30)44(25)24-47-18-19-50(5,6)7)48-34-13-12-31-36(35(34)26-8-9-26)42-32(22-39-31)27-21-40-45(23-27)28-14-16-43(17-15-28)37(46)49-38(2,3)4/h10-13,20-23,26,28H,8-9,14-19,24H2,1-7H3. The first-order valence-electron chi connectivity index (χ1n) is 17.9. The number of amides is 1. The van der Waals surface area contributed by atoms with E-state index in [2.05, 4.69) is 36.5 Å². The number of aryl methyl sites for hydroxylation is 1. The summed E-state index contributed by atoms with van der Waals surface area (Å²) < 4.78 is 22.4. The summed E-state index contributed by atoms with van der Waals surface area (Å²) in [4.78, 5) is 29.1. The molecule has 0 atom stereocenters. The number of piperidine rings is 1. The Morgan fingerprint density at radius 2 is 1.74 bits per heavy atom. The average Bonchev–Trinajstić information content (AvgIpc) is 3.68. The molecular formula is C38H49N7O4Si. The Morgan fingerprint density at radius 3 is 2.46 bits per heavy atom. The summed E-state index contributed by atoms with van der Waals surface area (Å²) >= 11 is 0. The van der Waals surface area contributed by atoms with E-state index < -0.39 is 13.7 Å². The lowest BCUT2D eigenvalue weighted by molar-refractivity contribution is 0.0184. The Labute approximate surface area is 295 Å². The normalized spacial score (nSPS) is 16.0. The molecule has 5 aromatic rings. The van der Waals surface area contributed by atoms with E-state index >= 15 is 0 Å². The van der Waals surface area contributed by atoms with E-state index in [1.807, 2.05) is 69.0 Å². The number of likely N-dealkylation sites (tertiary alicyclic amines) is 1. The Morgan fingerprint density at radius 1 is 0.980 bits per heavy atom. The number of carbonyl (C=O) groups excluding carboxylic acids is 1. The zero-order chi connectivity index (χ0) is 35.2. The summed E-state index contributed by atoms with van der Waals surface area (Å²) in [6.45, 7) is 17.3. The van der Waals surface area contributed by atoms with Gasteiger partial charge in [0.2, 0.25) is 0 Å². The minimum Gasteiger partial charge on any atom is -0.457 e. The van der Waals surface area contributed by atoms with Crippen LogP contribution in [0.15, 0.2) is 48.9 Å². The predicted molar refractivity (Wildman–Crippen MR) is 197 cm³/mol. The Bertz CT molecular complexity index is 2010. The molecule has 2 aliphatic rings. The summed E-state index contributed by atoms with van der Waals surface area (Å²) in [6, 6.07) is 11.4. The van der Waals surface area contributed by atoms with Gasteiger partial charge in [-0.1, -0.05) is 19.6 Å². The van der Waals surface area contributed by atoms with Crippen LogP contribution >= 0.6 is 0 Å². The lowest BCUT2D eigenvalue weighted by Gasteiger charge is -2.33. The van der Waals surface area contributed by atoms with Crippen molar-refractivity contribution in [1.82, 2.24) is 34.2 Å². The number of hydrogen-bond acceptors (Lipinski definition) is 8. The van der Waals surface area contributed by atoms with Gasteiger partial charge in [0.05, 0.1) is 46.2 Å². The van der Waals surface area contributed by atoms with Crippen LogP contribution in [0.1, 0.15) is 69.8 Å². The smallest absolute Gasteiger partial charge is 0.410 e. The molecule has 264 valence electrons. The van der Waals surface area contributed by atoms with Crippen molar-refractivity contribution in [2.75, 3.05) is 19.7 Å². The summed E-state index contributed by atoms with van der Waals surface area (Å²) in [5.41, 5.74) is 5.96. The topological polar surface area (TPSA) is 109 Å². The number of ether oxygens (including phenoxy) is 3. The molecule has 0 spiro atoms. The molecule has 4 heterocycles. The molecule has 50 heavy (non-hydrogen) atoms. The van der Waals surface area contributed by atoms with Gasteiger partial charge in [-0.3, -0.25) is 9.67 Å². The highest BCUT2D eigenvalue weighted by atomic mass is 28.3. The second kappa shape index (κ2) is 13.4. The Balaban J connectivity index is 1.10. The number of imidazole rings is 1. The first-order chi connectivity index (χ1) is 23.8. The van der Waals surface area contributed by atoms with Crippen LogP contribution in [0.25, 0.3) is 33.3 Å². The Hall–Kier alpha value is -4.29. The molecule has 0 N–H and O–H groups in total. The lowest BCUT2D eigenvalue weighted by atomic mass is 10.1. The van der Waals surface area contributed by atoms with Crippen molar-refractivity contribution in [3.63, 3.8) is 0 Å². The largest absolute Gasteiger partial charge is 0.457 e. The maximum atomic E-state index is 12.5. The highest BCUT2D eigenvalue weighted by Gasteiger charge is 2.31. The van der Waals surface area contributed by atoms with Crippen LogP contribution in [0.4, 0.5) is 4.79 Å². The third-order valence-corrected chi connectivity index (χ3v) is 11.1. The quantitative estimate of drug-likeness (QED) is 0.105. The van der Waals surface area contributed by atoms with Crippen molar-refractivity contribution in [3.8, 4) is 22.8 Å². The van der Waals surface area contributed by atoms with Crippen LogP contribution in [0.3, 0.4) is 0 Å². The maximum Gasteiger partial charge on any atom is 0.410 e. The zero-order valence-electron chi connectivity index (χ0n) is 30.4. The summed E-state index contributed by atoms with van der Waals surface area (Å²) in [5.74, 6) is 2.87. The van der Waals surface area contributed by atoms with E-state index in [-0.39, 0.29) is 12.1 Å². The first kappa shape index (κ1) is 34.2. The van der Waals surface area contributed by atoms with Gasteiger partial charge in [0.15, 0.2) is 0 Å². The van der Waals surface area contributed by atoms with Gasteiger partial charge in [0, 0.05) is 51.2 Å². The van der Waals surface area contributed by atoms with Crippen molar-refractivity contribution in [1.29, 1.82) is 0 Å². The molecule has 0 bridgehead atoms. The number of aromatic nitrogens is 6. The van der Waals surface area contributed by atoms with Crippen molar-refractivity contribution in [2.24, 2.45) is 0 Å². The molecule has 12 heteroatoms. The number of carbonyl (C=O) groups is 1. The van der Waals surface area contributed by atoms with Gasteiger partial charge >= 0.3 is 6.09 Å². The molecule has 1 aliphatic carbocycles. The molecule has 1 saturated heterocycles. The van der Waals surface area contributed by atoms with Crippen LogP contribution in [0.2, 0.25) is 25.7 Å². The first-order valence-corrected chi connectivity index (χ1v) is 21.6. The fourth-order valence-electron chi connectivity index (χ4n) is 6.49. The van der Waals surface area contributed by atoms with Gasteiger partial charge in [0.1, 0.15) is 29.7 Å². The number of nitrogens with zero attached hydrogens (tertiary/aromatic N) is 7. The SMILES string of the molecule is Cc1nc2ccc(Oc3ccc4ncc(-c5cnn(C6CCN(C(=O)OC(C)(C)C)CC6)c5)nc4c3C3CC3)cc2n1COCC[Si](C)(C)C. The maximum absolute atomic E-state index is 12.5. The molecule has 1 amide bonds. The van der Waals surface area contributed by atoms with Gasteiger partial charge < -0.3 is 23.7 Å². The molecule has 11 nitrogen and oxygen atoms in total. The van der Waals surface area contributed by atoms with E-state index in [0.717, 1.165) is 94.5 Å². The number of hydrogen-bond donors (Lipinski definition) is 0. The monoisotopic (exact) mass is 695 g/mol. The lowest BCUT2D eigenvalue weighted by Crippen LogP contribution is -2.42. The second-order valence-corrected chi connectivity index (χ2v) is 21.6. The molecule has 2 aromatic carbocycles. The van der Waals surface area contributed by atoms with E-state index in [0.29, 0.717) is 25.7 Å². The van der Waals surface area contributed by atoms with E-state index in [1.54, 1.807) is 4.90 Å². The summed E-state index contributed by atoms with van der Waals surface area (Å²) in [5, 5.41) is 4.71. The second-order valence-electron chi connectivity index (χ2n) is 16.0. The average molecular weight is 696 g/mol. The highest BCUT2D eigenvalue weighted by Crippen LogP contribution is 2.48. The van der Waals surface area contributed by atoms with E-state index in [4.69, 9.17) is 34.3 Å². The third-order valence-electron chi connectivity index (χ3n) is 9.44. The highest BCUT2D eigenvalue weighted by molar-refractivity contribution is 6.76. The molecular weight excluding hydrogens is 647 g/mol. The Kier molecular flexibility index (Phi) is 9.19. The molecule has 1 aliphatic heterocycles. The number of benzene rings is 2. The van der Waals surface area contributed by atoms with Crippen molar-refractivity contribution >= 4 is 36.2 Å². The fourth-order valence-corrected chi connectivity index (χ4v) is 7.25. The minimum absolute atomic E-state index is 0.201. The van der Waals surface area contributed by atoms with Gasteiger partial charge in [-0.15, -0.1) is 0 Å². The molecule has 3 aromatic heterocycles. The van der Waals surface area contributed by atoms with Crippen molar-refractivity contribution < 1.29 is 19.0 Å². The molecule has 0 unspecified atom stereocenters. The number of fused-ring (bicyclic) bond motifs is 2. The molecule has 0 radical (unpaired) electrons. The number of rotatable bonds is 10.